The largest absolute Gasteiger partial charge is 0.457 e. The van der Waals surface area contributed by atoms with Gasteiger partial charge >= 0.3 is 0 Å². The molecule has 1 amide bonds. The SMILES string of the molecule is CCC(=O)N(CCCN(C)C)n1cc(-c2ccc(Oc3ccccc3)cc2)c2c(N)ncnc21. The van der Waals surface area contributed by atoms with E-state index in [0.29, 0.717) is 24.4 Å². The third kappa shape index (κ3) is 5.02. The van der Waals surface area contributed by atoms with E-state index < -0.39 is 0 Å². The number of hydrogen-bond donors (Lipinski definition) is 1. The highest BCUT2D eigenvalue weighted by Crippen LogP contribution is 2.34. The van der Waals surface area contributed by atoms with Gasteiger partial charge in [0.2, 0.25) is 5.91 Å². The summed E-state index contributed by atoms with van der Waals surface area (Å²) >= 11 is 0. The predicted molar refractivity (Wildman–Crippen MR) is 135 cm³/mol. The van der Waals surface area contributed by atoms with E-state index in [1.54, 1.807) is 5.01 Å². The average Bonchev–Trinajstić information content (AvgIpc) is 3.23. The number of carbonyl (C=O) groups is 1. The molecule has 0 spiro atoms. The zero-order chi connectivity index (χ0) is 24.1. The third-order valence-electron chi connectivity index (χ3n) is 5.56. The van der Waals surface area contributed by atoms with Crippen LogP contribution in [0.15, 0.2) is 67.1 Å². The smallest absolute Gasteiger partial charge is 0.241 e. The minimum Gasteiger partial charge on any atom is -0.457 e. The van der Waals surface area contributed by atoms with Crippen LogP contribution in [0.2, 0.25) is 0 Å². The number of carbonyl (C=O) groups excluding carboxylic acids is 1. The van der Waals surface area contributed by atoms with Gasteiger partial charge in [-0.1, -0.05) is 37.3 Å². The summed E-state index contributed by atoms with van der Waals surface area (Å²) in [6.07, 6.45) is 4.58. The molecule has 0 aliphatic carbocycles. The Kier molecular flexibility index (Phi) is 7.08. The number of benzene rings is 2. The molecule has 0 aliphatic heterocycles. The van der Waals surface area contributed by atoms with Crippen molar-refractivity contribution in [3.8, 4) is 22.6 Å². The summed E-state index contributed by atoms with van der Waals surface area (Å²) in [7, 11) is 4.04. The first-order valence-corrected chi connectivity index (χ1v) is 11.4. The molecule has 0 aliphatic rings. The van der Waals surface area contributed by atoms with Crippen molar-refractivity contribution in [3.63, 3.8) is 0 Å². The van der Waals surface area contributed by atoms with Gasteiger partial charge in [-0.15, -0.1) is 0 Å². The van der Waals surface area contributed by atoms with Gasteiger partial charge in [0.15, 0.2) is 5.65 Å². The van der Waals surface area contributed by atoms with E-state index >= 15 is 0 Å². The number of nitrogens with zero attached hydrogens (tertiary/aromatic N) is 5. The van der Waals surface area contributed by atoms with E-state index in [0.717, 1.165) is 41.0 Å². The van der Waals surface area contributed by atoms with Crippen molar-refractivity contribution in [3.05, 3.63) is 67.1 Å². The Morgan fingerprint density at radius 3 is 2.38 bits per heavy atom. The van der Waals surface area contributed by atoms with Crippen LogP contribution in [0, 0.1) is 0 Å². The number of amides is 1. The molecule has 8 heteroatoms. The fourth-order valence-electron chi connectivity index (χ4n) is 3.87. The fraction of sp³-hybridized carbons (Fsp3) is 0.269. The Morgan fingerprint density at radius 1 is 1.00 bits per heavy atom. The average molecular weight is 459 g/mol. The van der Waals surface area contributed by atoms with Crippen LogP contribution in [0.5, 0.6) is 11.5 Å². The van der Waals surface area contributed by atoms with E-state index in [1.807, 2.05) is 86.5 Å². The summed E-state index contributed by atoms with van der Waals surface area (Å²) in [5.74, 6) is 1.90. The van der Waals surface area contributed by atoms with Crippen LogP contribution in [0.4, 0.5) is 5.82 Å². The van der Waals surface area contributed by atoms with Crippen molar-refractivity contribution in [2.45, 2.75) is 19.8 Å². The molecule has 0 atom stereocenters. The second-order valence-electron chi connectivity index (χ2n) is 8.31. The lowest BCUT2D eigenvalue weighted by molar-refractivity contribution is -0.119. The van der Waals surface area contributed by atoms with Gasteiger partial charge in [0.25, 0.3) is 0 Å². The highest BCUT2D eigenvalue weighted by Gasteiger charge is 2.21. The van der Waals surface area contributed by atoms with E-state index in [4.69, 9.17) is 10.5 Å². The molecule has 4 aromatic rings. The minimum absolute atomic E-state index is 0.0194. The molecule has 8 nitrogen and oxygen atoms in total. The summed E-state index contributed by atoms with van der Waals surface area (Å²) in [5, 5.41) is 2.47. The number of ether oxygens (including phenoxy) is 1. The van der Waals surface area contributed by atoms with Crippen LogP contribution >= 0.6 is 0 Å². The molecule has 0 bridgehead atoms. The third-order valence-corrected chi connectivity index (χ3v) is 5.56. The monoisotopic (exact) mass is 458 g/mol. The number of hydrogen-bond acceptors (Lipinski definition) is 6. The van der Waals surface area contributed by atoms with Crippen molar-refractivity contribution < 1.29 is 9.53 Å². The molecule has 34 heavy (non-hydrogen) atoms. The maximum absolute atomic E-state index is 12.9. The molecule has 0 unspecified atom stereocenters. The van der Waals surface area contributed by atoms with Gasteiger partial charge in [0.1, 0.15) is 23.6 Å². The summed E-state index contributed by atoms with van der Waals surface area (Å²) in [4.78, 5) is 23.7. The summed E-state index contributed by atoms with van der Waals surface area (Å²) in [6, 6.07) is 17.4. The number of aromatic nitrogens is 3. The van der Waals surface area contributed by atoms with Gasteiger partial charge in [0.05, 0.1) is 5.39 Å². The first kappa shape index (κ1) is 23.3. The second-order valence-corrected chi connectivity index (χ2v) is 8.31. The lowest BCUT2D eigenvalue weighted by Crippen LogP contribution is -2.41. The maximum atomic E-state index is 12.9. The minimum atomic E-state index is 0.0194. The summed E-state index contributed by atoms with van der Waals surface area (Å²) in [5.41, 5.74) is 8.69. The number of fused-ring (bicyclic) bond motifs is 1. The first-order chi connectivity index (χ1) is 16.5. The molecular weight excluding hydrogens is 428 g/mol. The van der Waals surface area contributed by atoms with E-state index in [1.165, 1.54) is 6.33 Å². The van der Waals surface area contributed by atoms with Gasteiger partial charge < -0.3 is 15.4 Å². The Labute approximate surface area is 199 Å². The molecule has 0 saturated carbocycles. The molecule has 2 aromatic carbocycles. The number of para-hydroxylation sites is 1. The Balaban J connectivity index is 1.71. The van der Waals surface area contributed by atoms with E-state index in [9.17, 15) is 4.79 Å². The van der Waals surface area contributed by atoms with Crippen molar-refractivity contribution in [2.24, 2.45) is 0 Å². The quantitative estimate of drug-likeness (QED) is 0.402. The normalized spacial score (nSPS) is 11.2. The molecule has 2 N–H and O–H groups in total. The van der Waals surface area contributed by atoms with Gasteiger partial charge in [-0.05, 0) is 56.9 Å². The van der Waals surface area contributed by atoms with Crippen LogP contribution in [0.3, 0.4) is 0 Å². The lowest BCUT2D eigenvalue weighted by atomic mass is 10.1. The maximum Gasteiger partial charge on any atom is 0.241 e. The number of nitrogens with two attached hydrogens (primary N) is 1. The van der Waals surface area contributed by atoms with Crippen LogP contribution in [-0.4, -0.2) is 52.6 Å². The van der Waals surface area contributed by atoms with Crippen molar-refractivity contribution in [1.82, 2.24) is 19.5 Å². The highest BCUT2D eigenvalue weighted by atomic mass is 16.5. The topological polar surface area (TPSA) is 89.5 Å². The molecule has 0 fully saturated rings. The Hall–Kier alpha value is -3.91. The molecule has 0 radical (unpaired) electrons. The Morgan fingerprint density at radius 2 is 1.71 bits per heavy atom. The lowest BCUT2D eigenvalue weighted by Gasteiger charge is -2.24. The zero-order valence-corrected chi connectivity index (χ0v) is 19.8. The van der Waals surface area contributed by atoms with Gasteiger partial charge in [-0.2, -0.15) is 0 Å². The summed E-state index contributed by atoms with van der Waals surface area (Å²) < 4.78 is 7.74. The number of nitrogen functional groups attached to an aromatic ring is 1. The van der Waals surface area contributed by atoms with Crippen LogP contribution in [0.25, 0.3) is 22.2 Å². The second kappa shape index (κ2) is 10.4. The molecular formula is C26H30N6O2. The van der Waals surface area contributed by atoms with E-state index in [-0.39, 0.29) is 5.91 Å². The van der Waals surface area contributed by atoms with Crippen LogP contribution < -0.4 is 15.5 Å². The summed E-state index contributed by atoms with van der Waals surface area (Å²) in [6.45, 7) is 3.31. The predicted octanol–water partition coefficient (Wildman–Crippen LogP) is 4.30. The Bertz CT molecular complexity index is 1250. The van der Waals surface area contributed by atoms with Crippen LogP contribution in [0.1, 0.15) is 19.8 Å². The standard InChI is InChI=1S/C26H30N6O2/c1-4-23(33)31(16-8-15-30(2)3)32-17-22(24-25(27)28-18-29-26(24)32)19-11-13-21(14-12-19)34-20-9-6-5-7-10-20/h5-7,9-14,17-18H,4,8,15-16H2,1-3H3,(H2,27,28,29). The van der Waals surface area contributed by atoms with Gasteiger partial charge in [-0.25, -0.2) is 19.7 Å². The molecule has 0 saturated heterocycles. The number of rotatable bonds is 9. The highest BCUT2D eigenvalue weighted by molar-refractivity contribution is 6.02. The zero-order valence-electron chi connectivity index (χ0n) is 19.8. The molecule has 176 valence electrons. The van der Waals surface area contributed by atoms with Crippen molar-refractivity contribution in [1.29, 1.82) is 0 Å². The van der Waals surface area contributed by atoms with Crippen molar-refractivity contribution in [2.75, 3.05) is 37.9 Å². The van der Waals surface area contributed by atoms with Crippen molar-refractivity contribution >= 4 is 22.8 Å². The molecule has 2 aromatic heterocycles. The van der Waals surface area contributed by atoms with Crippen LogP contribution in [-0.2, 0) is 4.79 Å². The van der Waals surface area contributed by atoms with Gasteiger partial charge in [0, 0.05) is 24.7 Å². The van der Waals surface area contributed by atoms with E-state index in [2.05, 4.69) is 14.9 Å². The molecule has 4 rings (SSSR count). The fourth-order valence-corrected chi connectivity index (χ4v) is 3.87. The van der Waals surface area contributed by atoms with Gasteiger partial charge in [-0.3, -0.25) is 4.79 Å². The molecule has 2 heterocycles. The first-order valence-electron chi connectivity index (χ1n) is 11.4. The number of anilines is 1.